The highest BCUT2D eigenvalue weighted by Gasteiger charge is 2.22. The van der Waals surface area contributed by atoms with E-state index in [4.69, 9.17) is 16.3 Å². The first kappa shape index (κ1) is 24.1. The molecule has 0 aliphatic heterocycles. The first-order chi connectivity index (χ1) is 16.3. The fourth-order valence-corrected chi connectivity index (χ4v) is 5.17. The average Bonchev–Trinajstić information content (AvgIpc) is 2.82. The van der Waals surface area contributed by atoms with Crippen molar-refractivity contribution < 1.29 is 17.9 Å². The molecule has 4 rings (SSSR count). The number of hydrogen-bond donors (Lipinski definition) is 1. The second-order valence-corrected chi connectivity index (χ2v) is 10.7. The number of fused-ring (bicyclic) bond motifs is 1. The molecule has 3 aromatic carbocycles. The Kier molecular flexibility index (Phi) is 7.44. The van der Waals surface area contributed by atoms with Crippen molar-refractivity contribution in [3.8, 4) is 5.75 Å². The summed E-state index contributed by atoms with van der Waals surface area (Å²) in [5.74, 6) is 0.300. The molecule has 1 amide bonds. The van der Waals surface area contributed by atoms with Crippen LogP contribution in [0.15, 0.2) is 72.8 Å². The lowest BCUT2D eigenvalue weighted by Crippen LogP contribution is -2.34. The minimum Gasteiger partial charge on any atom is -0.484 e. The first-order valence-electron chi connectivity index (χ1n) is 11.1. The van der Waals surface area contributed by atoms with Gasteiger partial charge in [-0.05, 0) is 72.4 Å². The maximum absolute atomic E-state index is 12.5. The summed E-state index contributed by atoms with van der Waals surface area (Å²) in [7, 11) is -3.51. The van der Waals surface area contributed by atoms with Gasteiger partial charge in [-0.15, -0.1) is 0 Å². The number of rotatable bonds is 8. The predicted octanol–water partition coefficient (Wildman–Crippen LogP) is 4.88. The monoisotopic (exact) mass is 498 g/mol. The second-order valence-electron chi connectivity index (χ2n) is 8.39. The zero-order chi connectivity index (χ0) is 24.1. The SMILES string of the molecule is CS(=O)(=O)N(Cc1ccc(Cl)cc1)c1ccc(OCC(=O)N[C@H]2CCCc3ccccc32)cc1. The minimum atomic E-state index is -3.51. The van der Waals surface area contributed by atoms with Crippen molar-refractivity contribution in [1.82, 2.24) is 5.32 Å². The summed E-state index contributed by atoms with van der Waals surface area (Å²) in [6.07, 6.45) is 4.15. The molecule has 178 valence electrons. The Morgan fingerprint density at radius 2 is 1.76 bits per heavy atom. The highest BCUT2D eigenvalue weighted by Crippen LogP contribution is 2.29. The smallest absolute Gasteiger partial charge is 0.258 e. The van der Waals surface area contributed by atoms with Gasteiger partial charge in [0, 0.05) is 5.02 Å². The highest BCUT2D eigenvalue weighted by atomic mass is 35.5. The Bertz CT molecular complexity index is 1240. The van der Waals surface area contributed by atoms with Gasteiger partial charge in [0.1, 0.15) is 5.75 Å². The van der Waals surface area contributed by atoms with E-state index in [-0.39, 0.29) is 25.1 Å². The van der Waals surface area contributed by atoms with E-state index in [9.17, 15) is 13.2 Å². The molecule has 0 saturated heterocycles. The average molecular weight is 499 g/mol. The highest BCUT2D eigenvalue weighted by molar-refractivity contribution is 7.92. The molecule has 1 aliphatic rings. The van der Waals surface area contributed by atoms with Gasteiger partial charge in [-0.3, -0.25) is 9.10 Å². The van der Waals surface area contributed by atoms with Crippen LogP contribution in [-0.4, -0.2) is 27.2 Å². The minimum absolute atomic E-state index is 0.000359. The lowest BCUT2D eigenvalue weighted by Gasteiger charge is -2.26. The van der Waals surface area contributed by atoms with Crippen LogP contribution in [0.1, 0.15) is 35.6 Å². The Morgan fingerprint density at radius 3 is 2.47 bits per heavy atom. The second kappa shape index (κ2) is 10.5. The van der Waals surface area contributed by atoms with E-state index in [1.165, 1.54) is 21.7 Å². The standard InChI is InChI=1S/C26H27ClN2O4S/c1-34(31,32)29(17-19-9-11-21(27)12-10-19)22-13-15-23(16-14-22)33-18-26(30)28-25-8-4-6-20-5-2-3-7-24(20)25/h2-3,5,7,9-16,25H,4,6,8,17-18H2,1H3,(H,28,30)/t25-/m0/s1. The summed E-state index contributed by atoms with van der Waals surface area (Å²) in [6.45, 7) is 0.0695. The fourth-order valence-electron chi connectivity index (χ4n) is 4.15. The van der Waals surface area contributed by atoms with E-state index in [0.717, 1.165) is 24.8 Å². The van der Waals surface area contributed by atoms with Crippen LogP contribution in [0.4, 0.5) is 5.69 Å². The van der Waals surface area contributed by atoms with Crippen LogP contribution in [0, 0.1) is 0 Å². The normalized spacial score (nSPS) is 15.3. The fraction of sp³-hybridized carbons (Fsp3) is 0.269. The number of amides is 1. The molecule has 0 radical (unpaired) electrons. The van der Waals surface area contributed by atoms with Gasteiger partial charge in [0.2, 0.25) is 10.0 Å². The third-order valence-electron chi connectivity index (χ3n) is 5.84. The molecule has 1 aliphatic carbocycles. The summed E-state index contributed by atoms with van der Waals surface area (Å²) >= 11 is 5.93. The number of halogens is 1. The molecule has 34 heavy (non-hydrogen) atoms. The number of anilines is 1. The third-order valence-corrected chi connectivity index (χ3v) is 7.23. The summed E-state index contributed by atoms with van der Waals surface area (Å²) in [5.41, 5.74) is 3.78. The molecular weight excluding hydrogens is 472 g/mol. The number of aryl methyl sites for hydroxylation is 1. The topological polar surface area (TPSA) is 75.7 Å². The van der Waals surface area contributed by atoms with E-state index < -0.39 is 10.0 Å². The van der Waals surface area contributed by atoms with Crippen molar-refractivity contribution in [3.05, 3.63) is 94.5 Å². The van der Waals surface area contributed by atoms with Gasteiger partial charge in [0.05, 0.1) is 24.5 Å². The maximum atomic E-state index is 12.5. The van der Waals surface area contributed by atoms with Crippen molar-refractivity contribution in [2.24, 2.45) is 0 Å². The molecule has 8 heteroatoms. The molecule has 6 nitrogen and oxygen atoms in total. The number of nitrogens with one attached hydrogen (secondary N) is 1. The van der Waals surface area contributed by atoms with Gasteiger partial charge >= 0.3 is 0 Å². The first-order valence-corrected chi connectivity index (χ1v) is 13.3. The van der Waals surface area contributed by atoms with Crippen LogP contribution in [0.3, 0.4) is 0 Å². The van der Waals surface area contributed by atoms with Gasteiger partial charge in [-0.2, -0.15) is 0 Å². The molecule has 0 spiro atoms. The Morgan fingerprint density at radius 1 is 1.06 bits per heavy atom. The Hall–Kier alpha value is -3.03. The van der Waals surface area contributed by atoms with Gasteiger partial charge < -0.3 is 10.1 Å². The van der Waals surface area contributed by atoms with Gasteiger partial charge in [0.15, 0.2) is 6.61 Å². The molecule has 3 aromatic rings. The lowest BCUT2D eigenvalue weighted by molar-refractivity contribution is -0.123. The van der Waals surface area contributed by atoms with Crippen molar-refractivity contribution in [2.45, 2.75) is 31.8 Å². The molecule has 1 N–H and O–H groups in total. The van der Waals surface area contributed by atoms with Crippen molar-refractivity contribution in [3.63, 3.8) is 0 Å². The van der Waals surface area contributed by atoms with E-state index in [1.807, 2.05) is 12.1 Å². The summed E-state index contributed by atoms with van der Waals surface area (Å²) in [4.78, 5) is 12.5. The van der Waals surface area contributed by atoms with E-state index in [0.29, 0.717) is 16.5 Å². The summed E-state index contributed by atoms with van der Waals surface area (Å²) in [5, 5.41) is 3.66. The molecule has 0 aromatic heterocycles. The predicted molar refractivity (Wildman–Crippen MR) is 135 cm³/mol. The number of ether oxygens (including phenoxy) is 1. The summed E-state index contributed by atoms with van der Waals surface area (Å²) in [6, 6.07) is 21.9. The molecular formula is C26H27ClN2O4S. The number of nitrogens with zero attached hydrogens (tertiary/aromatic N) is 1. The molecule has 0 fully saturated rings. The number of hydrogen-bond acceptors (Lipinski definition) is 4. The van der Waals surface area contributed by atoms with Crippen LogP contribution in [0.25, 0.3) is 0 Å². The zero-order valence-corrected chi connectivity index (χ0v) is 20.5. The molecule has 0 saturated carbocycles. The number of carbonyl (C=O) groups excluding carboxylic acids is 1. The lowest BCUT2D eigenvalue weighted by atomic mass is 9.88. The van der Waals surface area contributed by atoms with Crippen molar-refractivity contribution in [1.29, 1.82) is 0 Å². The molecule has 0 unspecified atom stereocenters. The van der Waals surface area contributed by atoms with Crippen LogP contribution >= 0.6 is 11.6 Å². The molecule has 0 bridgehead atoms. The summed E-state index contributed by atoms with van der Waals surface area (Å²) < 4.78 is 31.8. The van der Waals surface area contributed by atoms with Gasteiger partial charge in [-0.25, -0.2) is 8.42 Å². The van der Waals surface area contributed by atoms with Crippen LogP contribution in [0.2, 0.25) is 5.02 Å². The Balaban J connectivity index is 1.37. The number of sulfonamides is 1. The van der Waals surface area contributed by atoms with Gasteiger partial charge in [0.25, 0.3) is 5.91 Å². The third kappa shape index (κ3) is 6.10. The maximum Gasteiger partial charge on any atom is 0.258 e. The number of benzene rings is 3. The number of carbonyl (C=O) groups is 1. The van der Waals surface area contributed by atoms with Crippen molar-refractivity contribution in [2.75, 3.05) is 17.2 Å². The van der Waals surface area contributed by atoms with Crippen molar-refractivity contribution >= 4 is 33.2 Å². The Labute approximate surface area is 205 Å². The largest absolute Gasteiger partial charge is 0.484 e. The van der Waals surface area contributed by atoms with Crippen LogP contribution in [0.5, 0.6) is 5.75 Å². The molecule has 0 heterocycles. The van der Waals surface area contributed by atoms with E-state index >= 15 is 0 Å². The van der Waals surface area contributed by atoms with Gasteiger partial charge in [-0.1, -0.05) is 48.0 Å². The van der Waals surface area contributed by atoms with Crippen LogP contribution in [-0.2, 0) is 27.8 Å². The molecule has 1 atom stereocenters. The quantitative estimate of drug-likeness (QED) is 0.480. The van der Waals surface area contributed by atoms with E-state index in [1.54, 1.807) is 48.5 Å². The van der Waals surface area contributed by atoms with E-state index in [2.05, 4.69) is 17.4 Å². The zero-order valence-electron chi connectivity index (χ0n) is 18.9. The van der Waals surface area contributed by atoms with Crippen LogP contribution < -0.4 is 14.4 Å².